The molecule has 0 aliphatic carbocycles. The lowest BCUT2D eigenvalue weighted by Crippen LogP contribution is -2.32. The van der Waals surface area contributed by atoms with Gasteiger partial charge in [-0.1, -0.05) is 6.58 Å². The molecule has 0 bridgehead atoms. The number of halogens is 1. The van der Waals surface area contributed by atoms with Gasteiger partial charge in [-0.2, -0.15) is 0 Å². The minimum absolute atomic E-state index is 0.0714. The van der Waals surface area contributed by atoms with Gasteiger partial charge in [0.05, 0.1) is 10.2 Å². The van der Waals surface area contributed by atoms with Crippen LogP contribution in [-0.2, 0) is 4.79 Å². The molecule has 2 N–H and O–H groups in total. The SMILES string of the molecule is C=CC(=O)Nc1ccc(C(=O)N2CCC(Nc3ncc(Br)cn3)C2)cc1OCCN(C)C. The summed E-state index contributed by atoms with van der Waals surface area (Å²) in [5.41, 5.74) is 1.00. The van der Waals surface area contributed by atoms with E-state index in [0.29, 0.717) is 49.2 Å². The van der Waals surface area contributed by atoms with Gasteiger partial charge in [-0.3, -0.25) is 9.59 Å². The molecule has 9 nitrogen and oxygen atoms in total. The fourth-order valence-electron chi connectivity index (χ4n) is 3.21. The van der Waals surface area contributed by atoms with E-state index < -0.39 is 0 Å². The molecule has 2 aromatic rings. The maximum Gasteiger partial charge on any atom is 0.254 e. The summed E-state index contributed by atoms with van der Waals surface area (Å²) in [6, 6.07) is 5.12. The van der Waals surface area contributed by atoms with Gasteiger partial charge in [0.15, 0.2) is 0 Å². The quantitative estimate of drug-likeness (QED) is 0.508. The van der Waals surface area contributed by atoms with Crippen LogP contribution in [0.2, 0.25) is 0 Å². The van der Waals surface area contributed by atoms with E-state index in [-0.39, 0.29) is 17.9 Å². The van der Waals surface area contributed by atoms with Gasteiger partial charge in [-0.05, 0) is 60.7 Å². The third kappa shape index (κ3) is 6.51. The lowest BCUT2D eigenvalue weighted by molar-refractivity contribution is -0.111. The van der Waals surface area contributed by atoms with E-state index in [4.69, 9.17) is 4.74 Å². The highest BCUT2D eigenvalue weighted by Gasteiger charge is 2.28. The molecular weight excluding hydrogens is 476 g/mol. The molecule has 1 aliphatic rings. The predicted octanol–water partition coefficient (Wildman–Crippen LogP) is 2.63. The molecule has 1 aromatic heterocycles. The molecule has 1 fully saturated rings. The highest BCUT2D eigenvalue weighted by atomic mass is 79.9. The van der Waals surface area contributed by atoms with Crippen molar-refractivity contribution >= 4 is 39.4 Å². The number of ether oxygens (including phenoxy) is 1. The highest BCUT2D eigenvalue weighted by molar-refractivity contribution is 9.10. The van der Waals surface area contributed by atoms with Gasteiger partial charge in [-0.25, -0.2) is 9.97 Å². The first kappa shape index (κ1) is 23.7. The molecule has 2 heterocycles. The molecule has 3 rings (SSSR count). The van der Waals surface area contributed by atoms with Crippen molar-refractivity contribution in [2.45, 2.75) is 12.5 Å². The minimum Gasteiger partial charge on any atom is -0.490 e. The second kappa shape index (κ2) is 11.1. The number of nitrogens with zero attached hydrogens (tertiary/aromatic N) is 4. The molecule has 1 aromatic carbocycles. The van der Waals surface area contributed by atoms with Crippen LogP contribution in [0.5, 0.6) is 5.75 Å². The number of anilines is 2. The molecule has 0 radical (unpaired) electrons. The third-order valence-corrected chi connectivity index (χ3v) is 5.31. The summed E-state index contributed by atoms with van der Waals surface area (Å²) in [6.07, 6.45) is 5.34. The summed E-state index contributed by atoms with van der Waals surface area (Å²) in [5.74, 6) is 0.548. The van der Waals surface area contributed by atoms with Gasteiger partial charge in [-0.15, -0.1) is 0 Å². The number of aromatic nitrogens is 2. The predicted molar refractivity (Wildman–Crippen MR) is 127 cm³/mol. The van der Waals surface area contributed by atoms with Crippen LogP contribution in [-0.4, -0.2) is 78.0 Å². The van der Waals surface area contributed by atoms with Crippen LogP contribution in [0.15, 0.2) is 47.7 Å². The Morgan fingerprint density at radius 2 is 2.09 bits per heavy atom. The topological polar surface area (TPSA) is 99.7 Å². The van der Waals surface area contributed by atoms with E-state index in [9.17, 15) is 9.59 Å². The Balaban J connectivity index is 1.68. The Morgan fingerprint density at radius 3 is 2.78 bits per heavy atom. The van der Waals surface area contributed by atoms with E-state index in [2.05, 4.69) is 43.1 Å². The van der Waals surface area contributed by atoms with Gasteiger partial charge in [0.2, 0.25) is 11.9 Å². The fraction of sp³-hybridized carbons (Fsp3) is 0.364. The molecule has 1 unspecified atom stereocenters. The van der Waals surface area contributed by atoms with Crippen molar-refractivity contribution < 1.29 is 14.3 Å². The van der Waals surface area contributed by atoms with E-state index in [1.807, 2.05) is 19.0 Å². The van der Waals surface area contributed by atoms with Gasteiger partial charge in [0.25, 0.3) is 5.91 Å². The van der Waals surface area contributed by atoms with Crippen LogP contribution in [0.3, 0.4) is 0 Å². The molecule has 1 atom stereocenters. The van der Waals surface area contributed by atoms with Gasteiger partial charge < -0.3 is 25.2 Å². The lowest BCUT2D eigenvalue weighted by Gasteiger charge is -2.19. The normalized spacial score (nSPS) is 15.5. The Labute approximate surface area is 196 Å². The van der Waals surface area contributed by atoms with Crippen LogP contribution < -0.4 is 15.4 Å². The smallest absolute Gasteiger partial charge is 0.254 e. The second-order valence-electron chi connectivity index (χ2n) is 7.66. The van der Waals surface area contributed by atoms with Crippen molar-refractivity contribution in [3.05, 3.63) is 53.3 Å². The largest absolute Gasteiger partial charge is 0.490 e. The summed E-state index contributed by atoms with van der Waals surface area (Å²) in [7, 11) is 3.89. The van der Waals surface area contributed by atoms with Crippen LogP contribution >= 0.6 is 15.9 Å². The van der Waals surface area contributed by atoms with Gasteiger partial charge in [0, 0.05) is 43.6 Å². The average molecular weight is 503 g/mol. The highest BCUT2D eigenvalue weighted by Crippen LogP contribution is 2.28. The third-order valence-electron chi connectivity index (χ3n) is 4.90. The van der Waals surface area contributed by atoms with Gasteiger partial charge >= 0.3 is 0 Å². The van der Waals surface area contributed by atoms with E-state index in [0.717, 1.165) is 10.9 Å². The maximum atomic E-state index is 13.1. The van der Waals surface area contributed by atoms with Crippen molar-refractivity contribution in [3.63, 3.8) is 0 Å². The standard InChI is InChI=1S/C22H27BrN6O3/c1-4-20(30)27-18-6-5-15(11-19(18)32-10-9-28(2)3)21(31)29-8-7-17(14-29)26-22-24-12-16(23)13-25-22/h4-6,11-13,17H,1,7-10,14H2,2-3H3,(H,27,30)(H,24,25,26). The van der Waals surface area contributed by atoms with Crippen molar-refractivity contribution in [3.8, 4) is 5.75 Å². The number of hydrogen-bond acceptors (Lipinski definition) is 7. The first-order chi connectivity index (χ1) is 15.4. The summed E-state index contributed by atoms with van der Waals surface area (Å²) < 4.78 is 6.67. The van der Waals surface area contributed by atoms with Crippen molar-refractivity contribution in [1.82, 2.24) is 19.8 Å². The number of hydrogen-bond donors (Lipinski definition) is 2. The second-order valence-corrected chi connectivity index (χ2v) is 8.58. The fourth-order valence-corrected chi connectivity index (χ4v) is 3.42. The molecule has 1 aliphatic heterocycles. The summed E-state index contributed by atoms with van der Waals surface area (Å²) >= 11 is 3.32. The van der Waals surface area contributed by atoms with E-state index in [1.54, 1.807) is 35.5 Å². The number of likely N-dealkylation sites (N-methyl/N-ethyl adjacent to an activating group) is 1. The molecule has 170 valence electrons. The molecule has 1 saturated heterocycles. The molecular formula is C22H27BrN6O3. The Kier molecular flexibility index (Phi) is 8.18. The van der Waals surface area contributed by atoms with E-state index >= 15 is 0 Å². The van der Waals surface area contributed by atoms with Crippen LogP contribution in [0, 0.1) is 0 Å². The van der Waals surface area contributed by atoms with E-state index in [1.165, 1.54) is 6.08 Å². The van der Waals surface area contributed by atoms with Crippen molar-refractivity contribution in [2.75, 3.05) is 51.0 Å². The number of benzene rings is 1. The summed E-state index contributed by atoms with van der Waals surface area (Å²) in [4.78, 5) is 37.1. The number of nitrogens with one attached hydrogen (secondary N) is 2. The Hall–Kier alpha value is -2.98. The van der Waals surface area contributed by atoms with Gasteiger partial charge in [0.1, 0.15) is 12.4 Å². The van der Waals surface area contributed by atoms with Crippen molar-refractivity contribution in [1.29, 1.82) is 0 Å². The zero-order chi connectivity index (χ0) is 23.1. The number of rotatable bonds is 9. The summed E-state index contributed by atoms with van der Waals surface area (Å²) in [5, 5.41) is 5.99. The number of likely N-dealkylation sites (tertiary alicyclic amines) is 1. The molecule has 0 saturated carbocycles. The number of carbonyl (C=O) groups excluding carboxylic acids is 2. The van der Waals surface area contributed by atoms with Crippen molar-refractivity contribution in [2.24, 2.45) is 0 Å². The first-order valence-corrected chi connectivity index (χ1v) is 11.0. The molecule has 32 heavy (non-hydrogen) atoms. The zero-order valence-corrected chi connectivity index (χ0v) is 19.8. The Morgan fingerprint density at radius 1 is 1.34 bits per heavy atom. The molecule has 10 heteroatoms. The Bertz CT molecular complexity index is 967. The first-order valence-electron chi connectivity index (χ1n) is 10.2. The average Bonchev–Trinajstić information content (AvgIpc) is 3.24. The zero-order valence-electron chi connectivity index (χ0n) is 18.2. The minimum atomic E-state index is -0.342. The number of carbonyl (C=O) groups is 2. The number of amides is 2. The van der Waals surface area contributed by atoms with Crippen LogP contribution in [0.1, 0.15) is 16.8 Å². The lowest BCUT2D eigenvalue weighted by atomic mass is 10.1. The van der Waals surface area contributed by atoms with Crippen LogP contribution in [0.25, 0.3) is 0 Å². The summed E-state index contributed by atoms with van der Waals surface area (Å²) in [6.45, 7) is 5.76. The maximum absolute atomic E-state index is 13.1. The van der Waals surface area contributed by atoms with Crippen LogP contribution in [0.4, 0.5) is 11.6 Å². The monoisotopic (exact) mass is 502 g/mol. The molecule has 2 amide bonds. The molecule has 0 spiro atoms.